The van der Waals surface area contributed by atoms with Crippen molar-refractivity contribution in [2.24, 2.45) is 5.73 Å². The van der Waals surface area contributed by atoms with Crippen LogP contribution in [0.1, 0.15) is 54.7 Å². The van der Waals surface area contributed by atoms with Crippen LogP contribution in [0.4, 0.5) is 0 Å². The molecule has 2 aromatic heterocycles. The van der Waals surface area contributed by atoms with Gasteiger partial charge in [-0.15, -0.1) is 10.2 Å². The van der Waals surface area contributed by atoms with Crippen molar-refractivity contribution in [3.05, 3.63) is 47.4 Å². The summed E-state index contributed by atoms with van der Waals surface area (Å²) in [5.41, 5.74) is 11.4. The molecule has 6 heteroatoms. The average Bonchev–Trinajstić information content (AvgIpc) is 3.26. The van der Waals surface area contributed by atoms with Gasteiger partial charge in [-0.05, 0) is 68.5 Å². The Morgan fingerprint density at radius 2 is 2.04 bits per heavy atom. The molecule has 3 heterocycles. The van der Waals surface area contributed by atoms with E-state index in [0.717, 1.165) is 61.2 Å². The maximum absolute atomic E-state index is 10.9. The van der Waals surface area contributed by atoms with Crippen molar-refractivity contribution in [3.8, 4) is 16.9 Å². The first-order valence-corrected chi connectivity index (χ1v) is 9.79. The van der Waals surface area contributed by atoms with Gasteiger partial charge in [0.15, 0.2) is 11.5 Å². The summed E-state index contributed by atoms with van der Waals surface area (Å²) in [6, 6.07) is 8.51. The number of nitrogens with zero attached hydrogens (tertiary/aromatic N) is 4. The van der Waals surface area contributed by atoms with Crippen molar-refractivity contribution >= 4 is 5.65 Å². The molecule has 1 aromatic carbocycles. The van der Waals surface area contributed by atoms with Gasteiger partial charge in [-0.25, -0.2) is 0 Å². The molecule has 1 fully saturated rings. The first-order chi connectivity index (χ1) is 13.1. The van der Waals surface area contributed by atoms with E-state index in [9.17, 15) is 5.11 Å². The van der Waals surface area contributed by atoms with Crippen molar-refractivity contribution in [2.45, 2.75) is 44.2 Å². The van der Waals surface area contributed by atoms with E-state index in [-0.39, 0.29) is 17.8 Å². The smallest absolute Gasteiger partial charge is 0.161 e. The van der Waals surface area contributed by atoms with Crippen LogP contribution >= 0.6 is 0 Å². The van der Waals surface area contributed by atoms with Crippen molar-refractivity contribution in [1.82, 2.24) is 19.5 Å². The number of rotatable bonds is 2. The number of hydrogen-bond acceptors (Lipinski definition) is 5. The number of benzene rings is 1. The summed E-state index contributed by atoms with van der Waals surface area (Å²) in [6.07, 6.45) is 7.10. The molecule has 3 aromatic rings. The number of fused-ring (bicyclic) bond motifs is 2. The van der Waals surface area contributed by atoms with Gasteiger partial charge < -0.3 is 10.8 Å². The van der Waals surface area contributed by atoms with Crippen LogP contribution in [0.2, 0.25) is 0 Å². The van der Waals surface area contributed by atoms with Gasteiger partial charge >= 0.3 is 0 Å². The number of hydrogen-bond donors (Lipinski definition) is 2. The van der Waals surface area contributed by atoms with Crippen molar-refractivity contribution in [1.29, 1.82) is 0 Å². The van der Waals surface area contributed by atoms with Crippen LogP contribution in [0.3, 0.4) is 0 Å². The average molecular weight is 363 g/mol. The zero-order valence-electron chi connectivity index (χ0n) is 15.6. The maximum Gasteiger partial charge on any atom is 0.161 e. The minimum atomic E-state index is 0.0807. The third-order valence-corrected chi connectivity index (χ3v) is 6.21. The van der Waals surface area contributed by atoms with E-state index in [0.29, 0.717) is 0 Å². The van der Waals surface area contributed by atoms with Crippen LogP contribution in [0.25, 0.3) is 16.8 Å². The first kappa shape index (κ1) is 16.7. The van der Waals surface area contributed by atoms with Crippen LogP contribution < -0.4 is 5.73 Å². The number of nitrogens with two attached hydrogens (primary N) is 1. The molecule has 6 nitrogen and oxygen atoms in total. The lowest BCUT2D eigenvalue weighted by Crippen LogP contribution is -2.19. The van der Waals surface area contributed by atoms with Crippen LogP contribution in [-0.2, 0) is 6.42 Å². The quantitative estimate of drug-likeness (QED) is 0.731. The van der Waals surface area contributed by atoms with E-state index in [4.69, 9.17) is 5.73 Å². The molecule has 0 spiro atoms. The monoisotopic (exact) mass is 363 g/mol. The summed E-state index contributed by atoms with van der Waals surface area (Å²) in [4.78, 5) is 2.30. The molecule has 0 amide bonds. The summed E-state index contributed by atoms with van der Waals surface area (Å²) < 4.78 is 1.94. The second kappa shape index (κ2) is 6.32. The Morgan fingerprint density at radius 3 is 2.85 bits per heavy atom. The van der Waals surface area contributed by atoms with Crippen LogP contribution in [-0.4, -0.2) is 38.2 Å². The molecule has 1 aliphatic carbocycles. The molecule has 2 atom stereocenters. The van der Waals surface area contributed by atoms with Gasteiger partial charge in [0, 0.05) is 11.6 Å². The zero-order valence-corrected chi connectivity index (χ0v) is 15.6. The normalized spacial score (nSPS) is 23.0. The summed E-state index contributed by atoms with van der Waals surface area (Å²) in [5, 5.41) is 19.7. The molecule has 1 aliphatic heterocycles. The van der Waals surface area contributed by atoms with Gasteiger partial charge in [-0.2, -0.15) is 0 Å². The Labute approximate surface area is 158 Å². The zero-order chi connectivity index (χ0) is 18.5. The molecule has 27 heavy (non-hydrogen) atoms. The summed E-state index contributed by atoms with van der Waals surface area (Å²) in [7, 11) is 2.12. The predicted molar refractivity (Wildman–Crippen MR) is 105 cm³/mol. The molecular weight excluding hydrogens is 338 g/mol. The Hall–Kier alpha value is -2.44. The maximum atomic E-state index is 10.9. The lowest BCUT2D eigenvalue weighted by Gasteiger charge is -2.25. The largest absolute Gasteiger partial charge is 0.506 e. The van der Waals surface area contributed by atoms with Gasteiger partial charge in [0.1, 0.15) is 5.75 Å². The highest BCUT2D eigenvalue weighted by molar-refractivity contribution is 5.77. The van der Waals surface area contributed by atoms with Crippen molar-refractivity contribution in [3.63, 3.8) is 0 Å². The summed E-state index contributed by atoms with van der Waals surface area (Å²) in [5.74, 6) is 1.17. The van der Waals surface area contributed by atoms with E-state index in [2.05, 4.69) is 34.3 Å². The fraction of sp³-hybridized carbons (Fsp3) is 0.429. The third-order valence-electron chi connectivity index (χ3n) is 6.21. The lowest BCUT2D eigenvalue weighted by molar-refractivity contribution is 0.304. The third kappa shape index (κ3) is 2.63. The van der Waals surface area contributed by atoms with Crippen LogP contribution in [0.15, 0.2) is 30.5 Å². The number of likely N-dealkylation sites (tertiary alicyclic amines) is 1. The highest BCUT2D eigenvalue weighted by atomic mass is 16.3. The van der Waals surface area contributed by atoms with Crippen molar-refractivity contribution in [2.75, 3.05) is 13.6 Å². The topological polar surface area (TPSA) is 79.7 Å². The van der Waals surface area contributed by atoms with E-state index >= 15 is 0 Å². The Balaban J connectivity index is 1.64. The molecule has 140 valence electrons. The number of aromatic hydroxyl groups is 1. The minimum absolute atomic E-state index is 0.0807. The molecule has 0 radical (unpaired) electrons. The van der Waals surface area contributed by atoms with E-state index in [1.807, 2.05) is 16.5 Å². The number of pyridine rings is 1. The molecule has 1 saturated heterocycles. The Kier molecular flexibility index (Phi) is 3.91. The van der Waals surface area contributed by atoms with Gasteiger partial charge in [0.05, 0.1) is 12.2 Å². The fourth-order valence-corrected chi connectivity index (χ4v) is 4.76. The van der Waals surface area contributed by atoms with E-state index in [1.54, 1.807) is 6.20 Å². The van der Waals surface area contributed by atoms with Gasteiger partial charge in [-0.1, -0.05) is 18.2 Å². The van der Waals surface area contributed by atoms with Gasteiger partial charge in [0.2, 0.25) is 0 Å². The second-order valence-corrected chi connectivity index (χ2v) is 7.87. The standard InChI is InChI=1S/C21H25N5O/c1-25-10-4-9-18(25)21-24-23-20-11-16(19(27)12-26(20)21)14-5-2-7-15-13(14)6-3-8-17(15)22/h2,5,7,11-12,17-18,27H,3-4,6,8-10,22H2,1H3/t17-,18?/m0/s1. The highest BCUT2D eigenvalue weighted by Crippen LogP contribution is 2.39. The molecule has 3 N–H and O–H groups in total. The second-order valence-electron chi connectivity index (χ2n) is 7.87. The SMILES string of the molecule is CN1CCCC1c1nnc2cc(-c3cccc4c3CCC[C@@H]4N)c(O)cn12. The van der Waals surface area contributed by atoms with Crippen LogP contribution in [0, 0.1) is 0 Å². The highest BCUT2D eigenvalue weighted by Gasteiger charge is 2.28. The summed E-state index contributed by atoms with van der Waals surface area (Å²) in [6.45, 7) is 1.07. The molecule has 0 saturated carbocycles. The molecule has 1 unspecified atom stereocenters. The van der Waals surface area contributed by atoms with Crippen molar-refractivity contribution < 1.29 is 5.11 Å². The molecule has 5 rings (SSSR count). The molecular formula is C21H25N5O. The number of aromatic nitrogens is 3. The van der Waals surface area contributed by atoms with E-state index in [1.165, 1.54) is 11.1 Å². The Morgan fingerprint density at radius 1 is 1.15 bits per heavy atom. The van der Waals surface area contributed by atoms with Gasteiger partial charge in [-0.3, -0.25) is 9.30 Å². The fourth-order valence-electron chi connectivity index (χ4n) is 4.76. The first-order valence-electron chi connectivity index (χ1n) is 9.79. The van der Waals surface area contributed by atoms with Gasteiger partial charge in [0.25, 0.3) is 0 Å². The predicted octanol–water partition coefficient (Wildman–Crippen LogP) is 3.20. The lowest BCUT2D eigenvalue weighted by atomic mass is 9.83. The Bertz CT molecular complexity index is 1010. The summed E-state index contributed by atoms with van der Waals surface area (Å²) >= 11 is 0. The van der Waals surface area contributed by atoms with E-state index < -0.39 is 0 Å². The molecule has 0 bridgehead atoms. The minimum Gasteiger partial charge on any atom is -0.506 e. The molecule has 2 aliphatic rings. The van der Waals surface area contributed by atoms with Crippen LogP contribution in [0.5, 0.6) is 5.75 Å².